The van der Waals surface area contributed by atoms with Gasteiger partial charge in [0.05, 0.1) is 12.7 Å². The van der Waals surface area contributed by atoms with Crippen molar-refractivity contribution in [1.29, 1.82) is 0 Å². The molecule has 1 aliphatic heterocycles. The Morgan fingerprint density at radius 3 is 2.50 bits per heavy atom. The van der Waals surface area contributed by atoms with Crippen molar-refractivity contribution >= 4 is 17.6 Å². The first-order valence-electron chi connectivity index (χ1n) is 7.16. The Morgan fingerprint density at radius 2 is 1.83 bits per heavy atom. The number of hydrogen-bond donors (Lipinski definition) is 2. The summed E-state index contributed by atoms with van der Waals surface area (Å²) in [6.07, 6.45) is 0. The molecule has 0 spiro atoms. The summed E-state index contributed by atoms with van der Waals surface area (Å²) in [6.45, 7) is 0.124. The number of esters is 1. The first kappa shape index (κ1) is 15.7. The Morgan fingerprint density at radius 1 is 1.12 bits per heavy atom. The predicted octanol–water partition coefficient (Wildman–Crippen LogP) is 2.44. The molecular formula is C17H15NO6. The van der Waals surface area contributed by atoms with Gasteiger partial charge >= 0.3 is 11.9 Å². The molecule has 0 bridgehead atoms. The van der Waals surface area contributed by atoms with Gasteiger partial charge in [0.25, 0.3) is 0 Å². The molecule has 7 nitrogen and oxygen atoms in total. The molecule has 1 heterocycles. The van der Waals surface area contributed by atoms with Gasteiger partial charge in [-0.05, 0) is 42.0 Å². The number of carbonyl (C=O) groups excluding carboxylic acids is 1. The molecule has 1 unspecified atom stereocenters. The van der Waals surface area contributed by atoms with Crippen molar-refractivity contribution in [3.05, 3.63) is 53.6 Å². The first-order valence-corrected chi connectivity index (χ1v) is 7.16. The fourth-order valence-electron chi connectivity index (χ4n) is 2.37. The first-order chi connectivity index (χ1) is 11.6. The van der Waals surface area contributed by atoms with Gasteiger partial charge in [0.1, 0.15) is 0 Å². The number of fused-ring (bicyclic) bond motifs is 1. The van der Waals surface area contributed by atoms with Gasteiger partial charge in [0.2, 0.25) is 6.79 Å². The lowest BCUT2D eigenvalue weighted by Gasteiger charge is -2.16. The summed E-state index contributed by atoms with van der Waals surface area (Å²) in [4.78, 5) is 23.0. The second kappa shape index (κ2) is 6.49. The quantitative estimate of drug-likeness (QED) is 0.814. The van der Waals surface area contributed by atoms with Crippen LogP contribution in [0, 0.1) is 0 Å². The van der Waals surface area contributed by atoms with E-state index in [0.717, 1.165) is 0 Å². The van der Waals surface area contributed by atoms with E-state index in [9.17, 15) is 14.7 Å². The molecule has 0 aromatic heterocycles. The maximum atomic E-state index is 11.6. The minimum Gasteiger partial charge on any atom is -0.479 e. The normalized spacial score (nSPS) is 13.2. The van der Waals surface area contributed by atoms with Gasteiger partial charge in [0.15, 0.2) is 17.5 Å². The van der Waals surface area contributed by atoms with Crippen molar-refractivity contribution in [2.75, 3.05) is 19.2 Å². The van der Waals surface area contributed by atoms with Crippen LogP contribution in [0.2, 0.25) is 0 Å². The molecule has 7 heteroatoms. The van der Waals surface area contributed by atoms with Gasteiger partial charge in [-0.2, -0.15) is 0 Å². The number of methoxy groups -OCH3 is 1. The van der Waals surface area contributed by atoms with Crippen molar-refractivity contribution in [3.8, 4) is 11.5 Å². The highest BCUT2D eigenvalue weighted by Crippen LogP contribution is 2.35. The minimum absolute atomic E-state index is 0.124. The number of anilines is 1. The second-order valence-electron chi connectivity index (χ2n) is 5.10. The third-order valence-corrected chi connectivity index (χ3v) is 3.59. The fraction of sp³-hybridized carbons (Fsp3) is 0.176. The maximum absolute atomic E-state index is 11.6. The summed E-state index contributed by atoms with van der Waals surface area (Å²) < 4.78 is 15.1. The number of aliphatic carboxylic acids is 1. The van der Waals surface area contributed by atoms with Crippen LogP contribution in [0.1, 0.15) is 22.0 Å². The molecule has 0 saturated carbocycles. The van der Waals surface area contributed by atoms with E-state index in [1.807, 2.05) is 0 Å². The molecule has 0 radical (unpaired) electrons. The number of ether oxygens (including phenoxy) is 3. The lowest BCUT2D eigenvalue weighted by atomic mass is 10.1. The molecule has 0 saturated heterocycles. The number of carbonyl (C=O) groups is 2. The van der Waals surface area contributed by atoms with Crippen LogP contribution in [0.3, 0.4) is 0 Å². The summed E-state index contributed by atoms with van der Waals surface area (Å²) in [5.74, 6) is -0.384. The monoisotopic (exact) mass is 329 g/mol. The number of carboxylic acids is 1. The summed E-state index contributed by atoms with van der Waals surface area (Å²) in [5.41, 5.74) is 1.48. The highest BCUT2D eigenvalue weighted by molar-refractivity contribution is 5.89. The molecule has 2 aromatic carbocycles. The van der Waals surface area contributed by atoms with E-state index >= 15 is 0 Å². The number of hydrogen-bond acceptors (Lipinski definition) is 6. The van der Waals surface area contributed by atoms with E-state index in [1.54, 1.807) is 42.5 Å². The molecule has 2 aromatic rings. The summed E-state index contributed by atoms with van der Waals surface area (Å²) in [6, 6.07) is 10.4. The van der Waals surface area contributed by atoms with Crippen molar-refractivity contribution in [1.82, 2.24) is 0 Å². The number of rotatable bonds is 5. The lowest BCUT2D eigenvalue weighted by molar-refractivity contribution is -0.138. The van der Waals surface area contributed by atoms with Gasteiger partial charge < -0.3 is 24.6 Å². The smallest absolute Gasteiger partial charge is 0.337 e. The molecule has 0 aliphatic carbocycles. The van der Waals surface area contributed by atoms with Crippen molar-refractivity contribution < 1.29 is 28.9 Å². The molecule has 0 amide bonds. The van der Waals surface area contributed by atoms with Gasteiger partial charge in [0, 0.05) is 5.69 Å². The number of nitrogens with one attached hydrogen (secondary N) is 1. The second-order valence-corrected chi connectivity index (χ2v) is 5.10. The van der Waals surface area contributed by atoms with E-state index in [4.69, 9.17) is 9.47 Å². The standard InChI is InChI=1S/C17H15NO6/c1-22-17(21)10-2-5-12(6-3-10)18-15(16(19)20)11-4-7-13-14(8-11)24-9-23-13/h2-8,15,18H,9H2,1H3,(H,19,20). The van der Waals surface area contributed by atoms with E-state index in [-0.39, 0.29) is 6.79 Å². The Kier molecular flexibility index (Phi) is 4.24. The number of benzene rings is 2. The van der Waals surface area contributed by atoms with Crippen molar-refractivity contribution in [3.63, 3.8) is 0 Å². The van der Waals surface area contributed by atoms with Crippen molar-refractivity contribution in [2.45, 2.75) is 6.04 Å². The average molecular weight is 329 g/mol. The maximum Gasteiger partial charge on any atom is 0.337 e. The van der Waals surface area contributed by atoms with Gasteiger partial charge in [-0.1, -0.05) is 6.07 Å². The Bertz CT molecular complexity index is 771. The third kappa shape index (κ3) is 3.10. The van der Waals surface area contributed by atoms with Crippen LogP contribution in [-0.2, 0) is 9.53 Å². The largest absolute Gasteiger partial charge is 0.479 e. The molecular weight excluding hydrogens is 314 g/mol. The van der Waals surface area contributed by atoms with Crippen molar-refractivity contribution in [2.24, 2.45) is 0 Å². The van der Waals surface area contributed by atoms with Crippen LogP contribution in [0.4, 0.5) is 5.69 Å². The van der Waals surface area contributed by atoms with Crippen LogP contribution in [0.15, 0.2) is 42.5 Å². The summed E-state index contributed by atoms with van der Waals surface area (Å²) >= 11 is 0. The van der Waals surface area contributed by atoms with Gasteiger partial charge in [-0.3, -0.25) is 0 Å². The highest BCUT2D eigenvalue weighted by Gasteiger charge is 2.23. The van der Waals surface area contributed by atoms with E-state index < -0.39 is 18.0 Å². The minimum atomic E-state index is -1.04. The molecule has 2 N–H and O–H groups in total. The van der Waals surface area contributed by atoms with E-state index in [1.165, 1.54) is 7.11 Å². The third-order valence-electron chi connectivity index (χ3n) is 3.59. The molecule has 1 atom stereocenters. The van der Waals surface area contributed by atoms with Crippen LogP contribution in [-0.4, -0.2) is 30.9 Å². The van der Waals surface area contributed by atoms with Crippen LogP contribution in [0.5, 0.6) is 11.5 Å². The average Bonchev–Trinajstić information content (AvgIpc) is 3.06. The van der Waals surface area contributed by atoms with E-state index in [0.29, 0.717) is 28.3 Å². The van der Waals surface area contributed by atoms with Gasteiger partial charge in [-0.25, -0.2) is 9.59 Å². The fourth-order valence-corrected chi connectivity index (χ4v) is 2.37. The Hall–Kier alpha value is -3.22. The predicted molar refractivity (Wildman–Crippen MR) is 84.3 cm³/mol. The highest BCUT2D eigenvalue weighted by atomic mass is 16.7. The molecule has 1 aliphatic rings. The summed E-state index contributed by atoms with van der Waals surface area (Å²) in [5, 5.41) is 12.4. The zero-order valence-electron chi connectivity index (χ0n) is 12.8. The lowest BCUT2D eigenvalue weighted by Crippen LogP contribution is -2.20. The topological polar surface area (TPSA) is 94.1 Å². The van der Waals surface area contributed by atoms with Crippen LogP contribution < -0.4 is 14.8 Å². The Balaban J connectivity index is 1.82. The number of carboxylic acid groups (broad SMARTS) is 1. The summed E-state index contributed by atoms with van der Waals surface area (Å²) in [7, 11) is 1.30. The van der Waals surface area contributed by atoms with Gasteiger partial charge in [-0.15, -0.1) is 0 Å². The zero-order chi connectivity index (χ0) is 17.1. The van der Waals surface area contributed by atoms with Crippen LogP contribution in [0.25, 0.3) is 0 Å². The molecule has 24 heavy (non-hydrogen) atoms. The Labute approximate surface area is 137 Å². The van der Waals surface area contributed by atoms with Crippen LogP contribution >= 0.6 is 0 Å². The molecule has 3 rings (SSSR count). The zero-order valence-corrected chi connectivity index (χ0v) is 12.8. The van der Waals surface area contributed by atoms with E-state index in [2.05, 4.69) is 10.1 Å². The SMILES string of the molecule is COC(=O)c1ccc(NC(C(=O)O)c2ccc3c(c2)OCO3)cc1. The molecule has 124 valence electrons. The molecule has 0 fully saturated rings.